The van der Waals surface area contributed by atoms with Crippen LogP contribution in [0.1, 0.15) is 0 Å². The lowest BCUT2D eigenvalue weighted by atomic mass is 10.4. The van der Waals surface area contributed by atoms with Gasteiger partial charge in [-0.15, -0.1) is 0 Å². The van der Waals surface area contributed by atoms with E-state index < -0.39 is 36.0 Å². The molecular formula is C9H19N3O6S3. The number of hydrogen-bond donors (Lipinski definition) is 7. The highest BCUT2D eigenvalue weighted by molar-refractivity contribution is 8.76. The third-order valence-electron chi connectivity index (χ3n) is 1.73. The molecule has 12 heteroatoms. The minimum atomic E-state index is -1.07. The van der Waals surface area contributed by atoms with Gasteiger partial charge < -0.3 is 32.5 Å². The van der Waals surface area contributed by atoms with E-state index in [1.807, 2.05) is 0 Å². The first-order valence-electron chi connectivity index (χ1n) is 5.43. The molecule has 0 unspecified atom stereocenters. The zero-order valence-corrected chi connectivity index (χ0v) is 13.4. The van der Waals surface area contributed by atoms with Crippen molar-refractivity contribution in [2.75, 3.05) is 17.3 Å². The van der Waals surface area contributed by atoms with Gasteiger partial charge in [-0.1, -0.05) is 21.6 Å². The van der Waals surface area contributed by atoms with Gasteiger partial charge in [-0.25, -0.2) is 0 Å². The van der Waals surface area contributed by atoms with Crippen molar-refractivity contribution in [2.45, 2.75) is 18.1 Å². The maximum Gasteiger partial charge on any atom is 0.321 e. The highest BCUT2D eigenvalue weighted by atomic mass is 33.1. The van der Waals surface area contributed by atoms with Crippen LogP contribution in [0.3, 0.4) is 0 Å². The molecule has 9 N–H and O–H groups in total. The van der Waals surface area contributed by atoms with Crippen LogP contribution in [-0.2, 0) is 14.4 Å². The SMILES string of the molecule is N[C@@H](CS)C(=O)O.N[C@@H](CSSC[C@H](N)C(=O)O)C(=O)O. The highest BCUT2D eigenvalue weighted by Crippen LogP contribution is 2.22. The predicted octanol–water partition coefficient (Wildman–Crippen LogP) is -1.48. The normalized spacial score (nSPS) is 14.3. The van der Waals surface area contributed by atoms with Gasteiger partial charge in [0, 0.05) is 17.3 Å². The lowest BCUT2D eigenvalue weighted by molar-refractivity contribution is -0.138. The van der Waals surface area contributed by atoms with Gasteiger partial charge in [-0.05, 0) is 0 Å². The van der Waals surface area contributed by atoms with E-state index in [0.29, 0.717) is 0 Å². The average Bonchev–Trinajstić information content (AvgIpc) is 2.42. The molecule has 0 bridgehead atoms. The summed E-state index contributed by atoms with van der Waals surface area (Å²) in [5, 5.41) is 24.8. The topological polar surface area (TPSA) is 190 Å². The quantitative estimate of drug-likeness (QED) is 0.144. The van der Waals surface area contributed by atoms with E-state index in [2.05, 4.69) is 12.6 Å². The summed E-state index contributed by atoms with van der Waals surface area (Å²) in [5.74, 6) is -2.50. The molecule has 0 radical (unpaired) electrons. The van der Waals surface area contributed by atoms with Crippen LogP contribution in [-0.4, -0.2) is 68.6 Å². The van der Waals surface area contributed by atoms with Crippen LogP contribution in [0, 0.1) is 0 Å². The molecule has 0 aromatic heterocycles. The molecule has 0 saturated carbocycles. The van der Waals surface area contributed by atoms with Gasteiger partial charge in [0.2, 0.25) is 0 Å². The second kappa shape index (κ2) is 13.0. The van der Waals surface area contributed by atoms with Crippen LogP contribution in [0.15, 0.2) is 0 Å². The summed E-state index contributed by atoms with van der Waals surface area (Å²) in [6, 6.07) is -2.66. The lowest BCUT2D eigenvalue weighted by Crippen LogP contribution is -2.33. The van der Waals surface area contributed by atoms with Gasteiger partial charge in [0.25, 0.3) is 0 Å². The van der Waals surface area contributed by atoms with Crippen molar-refractivity contribution in [1.82, 2.24) is 0 Å². The first-order valence-corrected chi connectivity index (χ1v) is 8.55. The Morgan fingerprint density at radius 3 is 1.24 bits per heavy atom. The van der Waals surface area contributed by atoms with Crippen LogP contribution in [0.2, 0.25) is 0 Å². The van der Waals surface area contributed by atoms with E-state index in [-0.39, 0.29) is 17.3 Å². The lowest BCUT2D eigenvalue weighted by Gasteiger charge is -2.07. The summed E-state index contributed by atoms with van der Waals surface area (Å²) in [7, 11) is 2.41. The number of aliphatic carboxylic acids is 3. The number of nitrogens with two attached hydrogens (primary N) is 3. The Morgan fingerprint density at radius 2 is 1.10 bits per heavy atom. The summed E-state index contributed by atoms with van der Waals surface area (Å²) in [4.78, 5) is 30.3. The number of thiol groups is 1. The van der Waals surface area contributed by atoms with Crippen LogP contribution in [0.25, 0.3) is 0 Å². The van der Waals surface area contributed by atoms with Crippen molar-refractivity contribution in [2.24, 2.45) is 17.2 Å². The van der Waals surface area contributed by atoms with Crippen molar-refractivity contribution in [3.05, 3.63) is 0 Å². The van der Waals surface area contributed by atoms with E-state index in [1.54, 1.807) is 0 Å². The summed E-state index contributed by atoms with van der Waals surface area (Å²) >= 11 is 3.65. The zero-order chi connectivity index (χ0) is 17.0. The first kappa shape index (κ1) is 22.6. The summed E-state index contributed by atoms with van der Waals surface area (Å²) in [6.45, 7) is 0. The Kier molecular flexibility index (Phi) is 14.0. The highest BCUT2D eigenvalue weighted by Gasteiger charge is 2.14. The maximum absolute atomic E-state index is 10.3. The first-order chi connectivity index (χ1) is 9.63. The molecule has 0 aromatic carbocycles. The molecule has 124 valence electrons. The van der Waals surface area contributed by atoms with Crippen molar-refractivity contribution < 1.29 is 29.7 Å². The fourth-order valence-electron chi connectivity index (χ4n) is 0.464. The Bertz CT molecular complexity index is 325. The van der Waals surface area contributed by atoms with Gasteiger partial charge in [0.05, 0.1) is 0 Å². The van der Waals surface area contributed by atoms with Crippen LogP contribution >= 0.6 is 34.2 Å². The summed E-state index contributed by atoms with van der Waals surface area (Å²) in [5.41, 5.74) is 15.4. The minimum absolute atomic E-state index is 0.190. The van der Waals surface area contributed by atoms with Gasteiger partial charge >= 0.3 is 17.9 Å². The summed E-state index contributed by atoms with van der Waals surface area (Å²) < 4.78 is 0. The van der Waals surface area contributed by atoms with Crippen LogP contribution in [0.5, 0.6) is 0 Å². The van der Waals surface area contributed by atoms with Crippen molar-refractivity contribution in [3.8, 4) is 0 Å². The van der Waals surface area contributed by atoms with Crippen molar-refractivity contribution in [3.63, 3.8) is 0 Å². The fourth-order valence-corrected chi connectivity index (χ4v) is 2.85. The smallest absolute Gasteiger partial charge is 0.321 e. The number of carbonyl (C=O) groups is 3. The molecule has 0 spiro atoms. The van der Waals surface area contributed by atoms with Gasteiger partial charge in [0.15, 0.2) is 0 Å². The molecule has 21 heavy (non-hydrogen) atoms. The van der Waals surface area contributed by atoms with Crippen LogP contribution < -0.4 is 17.2 Å². The van der Waals surface area contributed by atoms with Gasteiger partial charge in [-0.2, -0.15) is 12.6 Å². The monoisotopic (exact) mass is 361 g/mol. The van der Waals surface area contributed by atoms with Crippen molar-refractivity contribution >= 4 is 52.1 Å². The molecule has 9 nitrogen and oxygen atoms in total. The number of hydrogen-bond acceptors (Lipinski definition) is 9. The molecule has 0 aliphatic carbocycles. The number of carboxylic acid groups (broad SMARTS) is 3. The molecule has 0 amide bonds. The Balaban J connectivity index is 0. The zero-order valence-electron chi connectivity index (χ0n) is 10.9. The molecule has 0 heterocycles. The molecule has 0 aromatic rings. The summed E-state index contributed by atoms with van der Waals surface area (Å²) in [6.07, 6.45) is 0. The second-order valence-electron chi connectivity index (χ2n) is 3.59. The molecule has 3 atom stereocenters. The van der Waals surface area contributed by atoms with E-state index in [1.165, 1.54) is 21.6 Å². The molecule has 0 rings (SSSR count). The average molecular weight is 361 g/mol. The molecule has 0 fully saturated rings. The minimum Gasteiger partial charge on any atom is -0.480 e. The Morgan fingerprint density at radius 1 is 0.810 bits per heavy atom. The molecule has 0 aliphatic rings. The predicted molar refractivity (Wildman–Crippen MR) is 85.6 cm³/mol. The standard InChI is InChI=1S/C6H12N2O4S2.C3H7NO2S/c7-3(5(9)10)1-13-14-2-4(8)6(11)12;4-2(1-7)3(5)6/h3-4H,1-2,7-8H2,(H,9,10)(H,11,12);2,7H,1,4H2,(H,5,6)/t3-,4-;2-/m00/s1. The van der Waals surface area contributed by atoms with E-state index >= 15 is 0 Å². The second-order valence-corrected chi connectivity index (χ2v) is 6.50. The Hall–Kier alpha value is -0.660. The molecule has 0 aliphatic heterocycles. The van der Waals surface area contributed by atoms with E-state index in [9.17, 15) is 14.4 Å². The fraction of sp³-hybridized carbons (Fsp3) is 0.667. The largest absolute Gasteiger partial charge is 0.480 e. The van der Waals surface area contributed by atoms with Gasteiger partial charge in [0.1, 0.15) is 18.1 Å². The van der Waals surface area contributed by atoms with Crippen LogP contribution in [0.4, 0.5) is 0 Å². The number of rotatable bonds is 9. The Labute approximate surface area is 134 Å². The van der Waals surface area contributed by atoms with E-state index in [0.717, 1.165) is 0 Å². The maximum atomic E-state index is 10.3. The molecular weight excluding hydrogens is 342 g/mol. The van der Waals surface area contributed by atoms with E-state index in [4.69, 9.17) is 32.5 Å². The molecule has 0 saturated heterocycles. The third kappa shape index (κ3) is 14.1. The van der Waals surface area contributed by atoms with Crippen molar-refractivity contribution in [1.29, 1.82) is 0 Å². The number of carboxylic acids is 3. The van der Waals surface area contributed by atoms with Gasteiger partial charge in [-0.3, -0.25) is 14.4 Å². The third-order valence-corrected chi connectivity index (χ3v) is 4.59.